The number of hydrogen-bond acceptors (Lipinski definition) is 4. The van der Waals surface area contributed by atoms with E-state index in [1.807, 2.05) is 7.05 Å². The van der Waals surface area contributed by atoms with E-state index in [4.69, 9.17) is 4.74 Å². The summed E-state index contributed by atoms with van der Waals surface area (Å²) in [5.74, 6) is 0.866. The van der Waals surface area contributed by atoms with E-state index in [0.29, 0.717) is 0 Å². The number of ether oxygens (including phenoxy) is 1. The van der Waals surface area contributed by atoms with E-state index in [9.17, 15) is 0 Å². The van der Waals surface area contributed by atoms with E-state index in [-0.39, 0.29) is 0 Å². The topological polar surface area (TPSA) is 52.1 Å². The lowest BCUT2D eigenvalue weighted by Gasteiger charge is -2.26. The average molecular weight is 402 g/mol. The Kier molecular flexibility index (Phi) is 9.25. The Morgan fingerprint density at radius 3 is 2.45 bits per heavy atom. The molecule has 0 atom stereocenters. The van der Waals surface area contributed by atoms with Crippen molar-refractivity contribution in [2.24, 2.45) is 4.99 Å². The first-order chi connectivity index (χ1) is 14.3. The minimum absolute atomic E-state index is 0.755. The maximum absolute atomic E-state index is 5.24. The van der Waals surface area contributed by atoms with Gasteiger partial charge in [-0.25, -0.2) is 0 Å². The van der Waals surface area contributed by atoms with Gasteiger partial charge in [0.15, 0.2) is 5.96 Å². The van der Waals surface area contributed by atoms with Crippen LogP contribution in [0.1, 0.15) is 43.2 Å². The second-order valence-electron chi connectivity index (χ2n) is 8.27. The van der Waals surface area contributed by atoms with E-state index in [0.717, 1.165) is 51.3 Å². The molecule has 3 rings (SSSR count). The molecule has 1 heterocycles. The van der Waals surface area contributed by atoms with Crippen LogP contribution >= 0.6 is 0 Å². The van der Waals surface area contributed by atoms with Crippen molar-refractivity contribution in [3.8, 4) is 0 Å². The second-order valence-corrected chi connectivity index (χ2v) is 8.27. The van der Waals surface area contributed by atoms with E-state index in [1.54, 1.807) is 7.11 Å². The van der Waals surface area contributed by atoms with Gasteiger partial charge in [-0.05, 0) is 49.9 Å². The van der Waals surface area contributed by atoms with Gasteiger partial charge in [-0.3, -0.25) is 14.8 Å². The highest BCUT2D eigenvalue weighted by atomic mass is 16.5. The van der Waals surface area contributed by atoms with Crippen molar-refractivity contribution in [2.45, 2.75) is 51.2 Å². The predicted molar refractivity (Wildman–Crippen MR) is 120 cm³/mol. The van der Waals surface area contributed by atoms with Crippen LogP contribution in [0, 0.1) is 0 Å². The average Bonchev–Trinajstić information content (AvgIpc) is 3.60. The maximum atomic E-state index is 5.24. The highest BCUT2D eigenvalue weighted by Gasteiger charge is 2.28. The summed E-state index contributed by atoms with van der Waals surface area (Å²) in [5.41, 5.74) is 2.70. The Labute approximate surface area is 176 Å². The van der Waals surface area contributed by atoms with E-state index in [1.165, 1.54) is 56.3 Å². The fraction of sp³-hybridized carbons (Fsp3) is 0.696. The molecule has 2 N–H and O–H groups in total. The first-order valence-electron chi connectivity index (χ1n) is 11.3. The summed E-state index contributed by atoms with van der Waals surface area (Å²) in [5, 5.41) is 6.88. The molecule has 1 aliphatic carbocycles. The largest absolute Gasteiger partial charge is 0.383 e. The number of nitrogens with one attached hydrogen (secondary N) is 2. The van der Waals surface area contributed by atoms with Crippen molar-refractivity contribution in [3.05, 3.63) is 35.4 Å². The number of guanidine groups is 1. The summed E-state index contributed by atoms with van der Waals surface area (Å²) < 4.78 is 5.24. The van der Waals surface area contributed by atoms with Crippen molar-refractivity contribution in [1.29, 1.82) is 0 Å². The van der Waals surface area contributed by atoms with Crippen LogP contribution in [0.3, 0.4) is 0 Å². The number of aliphatic imine (C=N–C) groups is 1. The highest BCUT2D eigenvalue weighted by Crippen LogP contribution is 2.25. The van der Waals surface area contributed by atoms with Crippen LogP contribution in [0.25, 0.3) is 0 Å². The number of hydrogen-bond donors (Lipinski definition) is 2. The van der Waals surface area contributed by atoms with Crippen molar-refractivity contribution in [2.75, 3.05) is 53.5 Å². The molecule has 1 aliphatic heterocycles. The molecule has 1 aromatic carbocycles. The molecule has 0 radical (unpaired) electrons. The first-order valence-corrected chi connectivity index (χ1v) is 11.3. The molecule has 2 fully saturated rings. The third-order valence-electron chi connectivity index (χ3n) is 5.90. The maximum Gasteiger partial charge on any atom is 0.191 e. The molecule has 162 valence electrons. The Bertz CT molecular complexity index is 608. The van der Waals surface area contributed by atoms with Crippen LogP contribution < -0.4 is 10.6 Å². The Hall–Kier alpha value is -1.63. The Balaban J connectivity index is 1.36. The Morgan fingerprint density at radius 1 is 1.07 bits per heavy atom. The fourth-order valence-electron chi connectivity index (χ4n) is 3.99. The number of likely N-dealkylation sites (tertiary alicyclic amines) is 1. The summed E-state index contributed by atoms with van der Waals surface area (Å²) in [6, 6.07) is 9.76. The molecule has 2 aliphatic rings. The lowest BCUT2D eigenvalue weighted by atomic mass is 10.1. The van der Waals surface area contributed by atoms with Gasteiger partial charge in [0.05, 0.1) is 6.61 Å². The molecular formula is C23H39N5O. The summed E-state index contributed by atoms with van der Waals surface area (Å²) in [6.07, 6.45) is 6.73. The number of methoxy groups -OCH3 is 1. The number of benzene rings is 1. The van der Waals surface area contributed by atoms with Gasteiger partial charge in [0.1, 0.15) is 0 Å². The molecule has 29 heavy (non-hydrogen) atoms. The zero-order chi connectivity index (χ0) is 20.3. The van der Waals surface area contributed by atoms with Gasteiger partial charge in [0, 0.05) is 52.9 Å². The monoisotopic (exact) mass is 401 g/mol. The highest BCUT2D eigenvalue weighted by molar-refractivity contribution is 5.79. The summed E-state index contributed by atoms with van der Waals surface area (Å²) in [7, 11) is 3.61. The summed E-state index contributed by atoms with van der Waals surface area (Å²) in [6.45, 7) is 8.10. The fourth-order valence-corrected chi connectivity index (χ4v) is 3.99. The van der Waals surface area contributed by atoms with Crippen LogP contribution in [0.2, 0.25) is 0 Å². The normalized spacial score (nSPS) is 18.2. The third kappa shape index (κ3) is 7.96. The van der Waals surface area contributed by atoms with Crippen LogP contribution in [-0.4, -0.2) is 75.3 Å². The van der Waals surface area contributed by atoms with Gasteiger partial charge in [-0.1, -0.05) is 30.7 Å². The molecule has 6 nitrogen and oxygen atoms in total. The van der Waals surface area contributed by atoms with Gasteiger partial charge in [0.25, 0.3) is 0 Å². The molecule has 0 spiro atoms. The molecule has 0 bridgehead atoms. The van der Waals surface area contributed by atoms with E-state index >= 15 is 0 Å². The van der Waals surface area contributed by atoms with Gasteiger partial charge >= 0.3 is 0 Å². The molecule has 6 heteroatoms. The molecule has 0 unspecified atom stereocenters. The standard InChI is InChI=1S/C23H39N5O/c1-24-23(25-12-15-28(16-17-29-2)22-10-11-22)26-18-20-6-8-21(9-7-20)19-27-13-4-3-5-14-27/h6-9,22H,3-5,10-19H2,1-2H3,(H2,24,25,26). The minimum atomic E-state index is 0.755. The third-order valence-corrected chi connectivity index (χ3v) is 5.90. The minimum Gasteiger partial charge on any atom is -0.383 e. The second kappa shape index (κ2) is 12.2. The van der Waals surface area contributed by atoms with E-state index in [2.05, 4.69) is 49.7 Å². The smallest absolute Gasteiger partial charge is 0.191 e. The van der Waals surface area contributed by atoms with Crippen molar-refractivity contribution >= 4 is 5.96 Å². The van der Waals surface area contributed by atoms with Crippen LogP contribution in [0.15, 0.2) is 29.3 Å². The molecule has 1 saturated carbocycles. The zero-order valence-electron chi connectivity index (χ0n) is 18.3. The zero-order valence-corrected chi connectivity index (χ0v) is 18.3. The summed E-state index contributed by atoms with van der Waals surface area (Å²) in [4.78, 5) is 9.45. The molecule has 1 saturated heterocycles. The van der Waals surface area contributed by atoms with Gasteiger partial charge in [-0.2, -0.15) is 0 Å². The van der Waals surface area contributed by atoms with Crippen molar-refractivity contribution in [3.63, 3.8) is 0 Å². The lowest BCUT2D eigenvalue weighted by molar-refractivity contribution is 0.144. The number of piperidine rings is 1. The van der Waals surface area contributed by atoms with Crippen molar-refractivity contribution < 1.29 is 4.74 Å². The van der Waals surface area contributed by atoms with Crippen LogP contribution in [0.5, 0.6) is 0 Å². The van der Waals surface area contributed by atoms with Crippen LogP contribution in [0.4, 0.5) is 0 Å². The SMILES string of the molecule is CN=C(NCCN(CCOC)C1CC1)NCc1ccc(CN2CCCCC2)cc1. The van der Waals surface area contributed by atoms with Gasteiger partial charge < -0.3 is 15.4 Å². The van der Waals surface area contributed by atoms with Gasteiger partial charge in [-0.15, -0.1) is 0 Å². The number of nitrogens with zero attached hydrogens (tertiary/aromatic N) is 3. The molecule has 1 aromatic rings. The van der Waals surface area contributed by atoms with E-state index < -0.39 is 0 Å². The van der Waals surface area contributed by atoms with Crippen molar-refractivity contribution in [1.82, 2.24) is 20.4 Å². The quantitative estimate of drug-likeness (QED) is 0.441. The lowest BCUT2D eigenvalue weighted by Crippen LogP contribution is -2.42. The first kappa shape index (κ1) is 22.1. The number of rotatable bonds is 11. The predicted octanol–water partition coefficient (Wildman–Crippen LogP) is 2.45. The van der Waals surface area contributed by atoms with Crippen LogP contribution in [-0.2, 0) is 17.8 Å². The van der Waals surface area contributed by atoms with Gasteiger partial charge in [0.2, 0.25) is 0 Å². The molecule has 0 amide bonds. The molecule has 0 aromatic heterocycles. The summed E-state index contributed by atoms with van der Waals surface area (Å²) >= 11 is 0. The molecular weight excluding hydrogens is 362 g/mol. The Morgan fingerprint density at radius 2 is 1.79 bits per heavy atom.